The van der Waals surface area contributed by atoms with Crippen molar-refractivity contribution in [1.29, 1.82) is 0 Å². The zero-order valence-corrected chi connectivity index (χ0v) is 17.0. The van der Waals surface area contributed by atoms with Gasteiger partial charge in [-0.25, -0.2) is 13.5 Å². The summed E-state index contributed by atoms with van der Waals surface area (Å²) in [6.45, 7) is 7.16. The molecule has 28 heavy (non-hydrogen) atoms. The first-order valence-electron chi connectivity index (χ1n) is 9.05. The van der Waals surface area contributed by atoms with Crippen LogP contribution < -0.4 is 5.56 Å². The van der Waals surface area contributed by atoms with Crippen molar-refractivity contribution in [1.82, 2.24) is 19.4 Å². The molecule has 0 bridgehead atoms. The molecule has 0 saturated carbocycles. The van der Waals surface area contributed by atoms with E-state index in [2.05, 4.69) is 31.0 Å². The van der Waals surface area contributed by atoms with E-state index in [1.807, 2.05) is 12.1 Å². The summed E-state index contributed by atoms with van der Waals surface area (Å²) in [4.78, 5) is 25.3. The maximum atomic E-state index is 12.9. The molecule has 1 aliphatic rings. The van der Waals surface area contributed by atoms with Crippen molar-refractivity contribution < 1.29 is 13.2 Å². The van der Waals surface area contributed by atoms with Gasteiger partial charge in [0.2, 0.25) is 10.0 Å². The maximum absolute atomic E-state index is 12.9. The van der Waals surface area contributed by atoms with E-state index in [9.17, 15) is 18.0 Å². The third kappa shape index (κ3) is 4.15. The lowest BCUT2D eigenvalue weighted by Crippen LogP contribution is -2.50. The number of amides is 1. The minimum Gasteiger partial charge on any atom is -0.335 e. The van der Waals surface area contributed by atoms with Gasteiger partial charge in [0.05, 0.1) is 4.90 Å². The molecule has 0 spiro atoms. The highest BCUT2D eigenvalue weighted by Gasteiger charge is 2.31. The van der Waals surface area contributed by atoms with Crippen LogP contribution in [-0.2, 0) is 15.4 Å². The molecule has 1 fully saturated rings. The summed E-state index contributed by atoms with van der Waals surface area (Å²) in [5, 5.41) is 5.97. The molecule has 1 aromatic carbocycles. The lowest BCUT2D eigenvalue weighted by atomic mass is 9.87. The molecule has 0 atom stereocenters. The molecule has 9 heteroatoms. The minimum atomic E-state index is -3.61. The van der Waals surface area contributed by atoms with E-state index in [0.717, 1.165) is 5.56 Å². The Morgan fingerprint density at radius 3 is 2.11 bits per heavy atom. The molecule has 0 aliphatic carbocycles. The number of hydrogen-bond acceptors (Lipinski definition) is 5. The number of sulfonamides is 1. The number of aromatic nitrogens is 2. The number of aromatic amines is 1. The summed E-state index contributed by atoms with van der Waals surface area (Å²) >= 11 is 0. The van der Waals surface area contributed by atoms with Gasteiger partial charge in [-0.1, -0.05) is 32.9 Å². The molecule has 1 N–H and O–H groups in total. The van der Waals surface area contributed by atoms with Crippen LogP contribution in [0.1, 0.15) is 36.8 Å². The lowest BCUT2D eigenvalue weighted by Gasteiger charge is -2.33. The average molecular weight is 404 g/mol. The number of rotatable bonds is 3. The van der Waals surface area contributed by atoms with E-state index in [1.54, 1.807) is 12.1 Å². The Morgan fingerprint density at radius 1 is 1.00 bits per heavy atom. The molecule has 0 unspecified atom stereocenters. The van der Waals surface area contributed by atoms with E-state index >= 15 is 0 Å². The molecule has 150 valence electrons. The van der Waals surface area contributed by atoms with E-state index < -0.39 is 10.0 Å². The van der Waals surface area contributed by atoms with Crippen LogP contribution >= 0.6 is 0 Å². The number of H-pyrrole nitrogens is 1. The second-order valence-electron chi connectivity index (χ2n) is 7.78. The molecule has 3 rings (SSSR count). The summed E-state index contributed by atoms with van der Waals surface area (Å²) in [5.74, 6) is -0.331. The van der Waals surface area contributed by atoms with Crippen LogP contribution in [-0.4, -0.2) is 59.9 Å². The molecule has 0 radical (unpaired) electrons. The normalized spacial score (nSPS) is 16.2. The van der Waals surface area contributed by atoms with Gasteiger partial charge in [0.1, 0.15) is 5.69 Å². The summed E-state index contributed by atoms with van der Waals surface area (Å²) in [6.07, 6.45) is 0. The smallest absolute Gasteiger partial charge is 0.274 e. The van der Waals surface area contributed by atoms with E-state index in [-0.39, 0.29) is 53.6 Å². The summed E-state index contributed by atoms with van der Waals surface area (Å²) < 4.78 is 27.2. The van der Waals surface area contributed by atoms with Gasteiger partial charge in [-0.15, -0.1) is 0 Å². The van der Waals surface area contributed by atoms with Crippen molar-refractivity contribution in [2.24, 2.45) is 0 Å². The molecular formula is C19H24N4O4S. The van der Waals surface area contributed by atoms with Gasteiger partial charge in [-0.2, -0.15) is 9.40 Å². The predicted octanol–water partition coefficient (Wildman–Crippen LogP) is 1.21. The van der Waals surface area contributed by atoms with Crippen LogP contribution in [0.25, 0.3) is 0 Å². The summed E-state index contributed by atoms with van der Waals surface area (Å²) in [6, 6.07) is 9.56. The van der Waals surface area contributed by atoms with Gasteiger partial charge in [0.25, 0.3) is 11.5 Å². The van der Waals surface area contributed by atoms with Crippen molar-refractivity contribution in [2.75, 3.05) is 26.2 Å². The van der Waals surface area contributed by atoms with Gasteiger partial charge < -0.3 is 4.90 Å². The Labute approximate surface area is 164 Å². The third-order valence-corrected chi connectivity index (χ3v) is 6.70. The number of benzene rings is 1. The van der Waals surface area contributed by atoms with Gasteiger partial charge >= 0.3 is 0 Å². The van der Waals surface area contributed by atoms with Crippen LogP contribution in [0, 0.1) is 0 Å². The van der Waals surface area contributed by atoms with Crippen LogP contribution in [0.4, 0.5) is 0 Å². The molecule has 8 nitrogen and oxygen atoms in total. The first-order valence-corrected chi connectivity index (χ1v) is 10.5. The Kier molecular flexibility index (Phi) is 5.40. The Balaban J connectivity index is 1.69. The van der Waals surface area contributed by atoms with Crippen molar-refractivity contribution in [2.45, 2.75) is 31.1 Å². The maximum Gasteiger partial charge on any atom is 0.274 e. The fourth-order valence-corrected chi connectivity index (χ4v) is 4.46. The SMILES string of the molecule is CC(C)(C)c1ccc(S(=O)(=O)N2CCN(C(=O)c3ccc(=O)[nH]n3)CC2)cc1. The summed E-state index contributed by atoms with van der Waals surface area (Å²) in [7, 11) is -3.61. The van der Waals surface area contributed by atoms with Gasteiger partial charge in [-0.3, -0.25) is 9.59 Å². The van der Waals surface area contributed by atoms with E-state index in [1.165, 1.54) is 21.3 Å². The molecule has 2 heterocycles. The van der Waals surface area contributed by atoms with Crippen LogP contribution in [0.3, 0.4) is 0 Å². The number of piperazine rings is 1. The number of nitrogens with zero attached hydrogens (tertiary/aromatic N) is 3. The summed E-state index contributed by atoms with van der Waals surface area (Å²) in [5.41, 5.74) is 0.762. The largest absolute Gasteiger partial charge is 0.335 e. The fraction of sp³-hybridized carbons (Fsp3) is 0.421. The second-order valence-corrected chi connectivity index (χ2v) is 9.72. The highest BCUT2D eigenvalue weighted by Crippen LogP contribution is 2.25. The highest BCUT2D eigenvalue weighted by molar-refractivity contribution is 7.89. The standard InChI is InChI=1S/C19H24N4O4S/c1-19(2,3)14-4-6-15(7-5-14)28(26,27)23-12-10-22(11-13-23)18(25)16-8-9-17(24)21-20-16/h4-9H,10-13H2,1-3H3,(H,21,24). The first kappa shape index (κ1) is 20.2. The molecule has 1 amide bonds. The van der Waals surface area contributed by atoms with Crippen LogP contribution in [0.15, 0.2) is 46.1 Å². The zero-order chi connectivity index (χ0) is 20.5. The Bertz CT molecular complexity index is 995. The number of hydrogen-bond donors (Lipinski definition) is 1. The van der Waals surface area contributed by atoms with Crippen molar-refractivity contribution >= 4 is 15.9 Å². The third-order valence-electron chi connectivity index (χ3n) is 4.78. The van der Waals surface area contributed by atoms with Gasteiger partial charge in [0.15, 0.2) is 0 Å². The molecule has 1 saturated heterocycles. The van der Waals surface area contributed by atoms with E-state index in [0.29, 0.717) is 0 Å². The highest BCUT2D eigenvalue weighted by atomic mass is 32.2. The predicted molar refractivity (Wildman–Crippen MR) is 105 cm³/mol. The number of carbonyl (C=O) groups excluding carboxylic acids is 1. The Hall–Kier alpha value is -2.52. The van der Waals surface area contributed by atoms with Crippen molar-refractivity contribution in [3.05, 3.63) is 58.0 Å². The average Bonchev–Trinajstić information content (AvgIpc) is 2.67. The molecule has 2 aromatic rings. The zero-order valence-electron chi connectivity index (χ0n) is 16.2. The van der Waals surface area contributed by atoms with Crippen molar-refractivity contribution in [3.8, 4) is 0 Å². The topological polar surface area (TPSA) is 103 Å². The molecular weight excluding hydrogens is 380 g/mol. The fourth-order valence-electron chi connectivity index (χ4n) is 3.03. The molecule has 1 aromatic heterocycles. The van der Waals surface area contributed by atoms with Crippen molar-refractivity contribution in [3.63, 3.8) is 0 Å². The van der Waals surface area contributed by atoms with Gasteiger partial charge in [0, 0.05) is 32.2 Å². The number of nitrogens with one attached hydrogen (secondary N) is 1. The first-order chi connectivity index (χ1) is 13.1. The Morgan fingerprint density at radius 2 is 1.61 bits per heavy atom. The van der Waals surface area contributed by atoms with Gasteiger partial charge in [-0.05, 0) is 29.2 Å². The minimum absolute atomic E-state index is 0.0516. The second kappa shape index (κ2) is 7.48. The van der Waals surface area contributed by atoms with E-state index in [4.69, 9.17) is 0 Å². The number of carbonyl (C=O) groups is 1. The lowest BCUT2D eigenvalue weighted by molar-refractivity contribution is 0.0690. The van der Waals surface area contributed by atoms with Crippen LogP contribution in [0.2, 0.25) is 0 Å². The quantitative estimate of drug-likeness (QED) is 0.828. The monoisotopic (exact) mass is 404 g/mol. The molecule has 1 aliphatic heterocycles. The van der Waals surface area contributed by atoms with Crippen LogP contribution in [0.5, 0.6) is 0 Å².